The van der Waals surface area contributed by atoms with Crippen molar-refractivity contribution in [1.29, 1.82) is 0 Å². The molecule has 132 valence electrons. The first-order valence-corrected chi connectivity index (χ1v) is 8.73. The maximum atomic E-state index is 12.2. The van der Waals surface area contributed by atoms with Crippen LogP contribution in [0.4, 0.5) is 5.69 Å². The number of carbonyl (C=O) groups is 2. The smallest absolute Gasteiger partial charge is 0.243 e. The number of aryl methyl sites for hydroxylation is 2. The van der Waals surface area contributed by atoms with Crippen LogP contribution in [0.2, 0.25) is 5.02 Å². The predicted octanol–water partition coefficient (Wildman–Crippen LogP) is 3.93. The molecule has 2 aromatic carbocycles. The molecule has 0 atom stereocenters. The number of nitrogens with one attached hydrogen (secondary N) is 1. The molecule has 2 amide bonds. The highest BCUT2D eigenvalue weighted by Gasteiger charge is 2.14. The largest absolute Gasteiger partial charge is 0.336 e. The zero-order chi connectivity index (χ0) is 18.2. The molecule has 0 unspecified atom stereocenters. The van der Waals surface area contributed by atoms with Crippen molar-refractivity contribution >= 4 is 29.1 Å². The normalized spacial score (nSPS) is 10.4. The van der Waals surface area contributed by atoms with Crippen molar-refractivity contribution in [3.63, 3.8) is 0 Å². The van der Waals surface area contributed by atoms with Crippen LogP contribution in [0.5, 0.6) is 0 Å². The molecular formula is C20H23ClN2O2. The highest BCUT2D eigenvalue weighted by atomic mass is 35.5. The molecule has 0 aliphatic rings. The Balaban J connectivity index is 1.84. The monoisotopic (exact) mass is 358 g/mol. The van der Waals surface area contributed by atoms with Gasteiger partial charge in [0.1, 0.15) is 0 Å². The standard InChI is InChI=1S/C20H23ClN2O2/c1-3-16-8-4-5-10-18(16)22-19(24)14-23(2)20(25)12-11-15-7-6-9-17(21)13-15/h4-10,13H,3,11-12,14H2,1-2H3,(H,22,24). The summed E-state index contributed by atoms with van der Waals surface area (Å²) in [6, 6.07) is 15.1. The van der Waals surface area contributed by atoms with Crippen molar-refractivity contribution in [3.8, 4) is 0 Å². The van der Waals surface area contributed by atoms with Crippen molar-refractivity contribution < 1.29 is 9.59 Å². The van der Waals surface area contributed by atoms with Crippen LogP contribution in [0.15, 0.2) is 48.5 Å². The molecule has 2 aromatic rings. The van der Waals surface area contributed by atoms with Gasteiger partial charge in [-0.1, -0.05) is 48.9 Å². The lowest BCUT2D eigenvalue weighted by molar-refractivity contribution is -0.133. The van der Waals surface area contributed by atoms with E-state index in [4.69, 9.17) is 11.6 Å². The molecule has 5 heteroatoms. The summed E-state index contributed by atoms with van der Waals surface area (Å²) in [4.78, 5) is 25.9. The number of rotatable bonds is 7. The van der Waals surface area contributed by atoms with Gasteiger partial charge in [-0.15, -0.1) is 0 Å². The fourth-order valence-corrected chi connectivity index (χ4v) is 2.79. The highest BCUT2D eigenvalue weighted by Crippen LogP contribution is 2.15. The Kier molecular flexibility index (Phi) is 7.02. The Morgan fingerprint density at radius 3 is 2.60 bits per heavy atom. The lowest BCUT2D eigenvalue weighted by atomic mass is 10.1. The van der Waals surface area contributed by atoms with E-state index in [0.29, 0.717) is 17.9 Å². The van der Waals surface area contributed by atoms with Crippen molar-refractivity contribution in [2.45, 2.75) is 26.2 Å². The lowest BCUT2D eigenvalue weighted by Crippen LogP contribution is -2.35. The number of hydrogen-bond donors (Lipinski definition) is 1. The Morgan fingerprint density at radius 2 is 1.88 bits per heavy atom. The van der Waals surface area contributed by atoms with E-state index in [2.05, 4.69) is 5.32 Å². The molecule has 4 nitrogen and oxygen atoms in total. The van der Waals surface area contributed by atoms with Gasteiger partial charge in [-0.2, -0.15) is 0 Å². The van der Waals surface area contributed by atoms with E-state index in [1.807, 2.05) is 49.4 Å². The number of hydrogen-bond acceptors (Lipinski definition) is 2. The fourth-order valence-electron chi connectivity index (χ4n) is 2.58. The zero-order valence-corrected chi connectivity index (χ0v) is 15.3. The van der Waals surface area contributed by atoms with E-state index in [9.17, 15) is 9.59 Å². The Morgan fingerprint density at radius 1 is 1.12 bits per heavy atom. The summed E-state index contributed by atoms with van der Waals surface area (Å²) in [6.45, 7) is 2.07. The van der Waals surface area contributed by atoms with E-state index < -0.39 is 0 Å². The van der Waals surface area contributed by atoms with E-state index in [1.54, 1.807) is 13.1 Å². The van der Waals surface area contributed by atoms with Gasteiger partial charge in [-0.3, -0.25) is 9.59 Å². The fraction of sp³-hybridized carbons (Fsp3) is 0.300. The number of likely N-dealkylation sites (N-methyl/N-ethyl adjacent to an activating group) is 1. The average Bonchev–Trinajstić information content (AvgIpc) is 2.60. The second kappa shape index (κ2) is 9.23. The third-order valence-electron chi connectivity index (χ3n) is 4.00. The topological polar surface area (TPSA) is 49.4 Å². The first-order valence-electron chi connectivity index (χ1n) is 8.35. The van der Waals surface area contributed by atoms with Gasteiger partial charge >= 0.3 is 0 Å². The van der Waals surface area contributed by atoms with Crippen molar-refractivity contribution in [2.75, 3.05) is 18.9 Å². The molecule has 0 aromatic heterocycles. The number of anilines is 1. The molecule has 0 aliphatic carbocycles. The van der Waals surface area contributed by atoms with Gasteiger partial charge in [0.15, 0.2) is 0 Å². The molecular weight excluding hydrogens is 336 g/mol. The summed E-state index contributed by atoms with van der Waals surface area (Å²) in [5.41, 5.74) is 2.89. The van der Waals surface area contributed by atoms with Crippen LogP contribution in [0.3, 0.4) is 0 Å². The van der Waals surface area contributed by atoms with Gasteiger partial charge in [0.25, 0.3) is 0 Å². The number of amides is 2. The molecule has 2 rings (SSSR count). The summed E-state index contributed by atoms with van der Waals surface area (Å²) >= 11 is 5.94. The van der Waals surface area contributed by atoms with Crippen molar-refractivity contribution in [2.24, 2.45) is 0 Å². The molecule has 0 radical (unpaired) electrons. The van der Waals surface area contributed by atoms with Gasteiger partial charge in [0.2, 0.25) is 11.8 Å². The summed E-state index contributed by atoms with van der Waals surface area (Å²) < 4.78 is 0. The van der Waals surface area contributed by atoms with Crippen LogP contribution in [-0.4, -0.2) is 30.3 Å². The Bertz CT molecular complexity index is 746. The highest BCUT2D eigenvalue weighted by molar-refractivity contribution is 6.30. The summed E-state index contributed by atoms with van der Waals surface area (Å²) in [5, 5.41) is 3.54. The van der Waals surface area contributed by atoms with Crippen LogP contribution < -0.4 is 5.32 Å². The molecule has 0 saturated carbocycles. The van der Waals surface area contributed by atoms with Crippen LogP contribution in [-0.2, 0) is 22.4 Å². The molecule has 0 spiro atoms. The van der Waals surface area contributed by atoms with E-state index in [1.165, 1.54) is 4.90 Å². The Hall–Kier alpha value is -2.33. The SMILES string of the molecule is CCc1ccccc1NC(=O)CN(C)C(=O)CCc1cccc(Cl)c1. The maximum Gasteiger partial charge on any atom is 0.243 e. The summed E-state index contributed by atoms with van der Waals surface area (Å²) in [6.07, 6.45) is 1.78. The van der Waals surface area contributed by atoms with Gasteiger partial charge in [0.05, 0.1) is 6.54 Å². The first-order chi connectivity index (χ1) is 12.0. The number of halogens is 1. The number of benzene rings is 2. The van der Waals surface area contributed by atoms with E-state index >= 15 is 0 Å². The molecule has 0 saturated heterocycles. The molecule has 25 heavy (non-hydrogen) atoms. The van der Waals surface area contributed by atoms with Gasteiger partial charge in [-0.05, 0) is 42.2 Å². The minimum absolute atomic E-state index is 0.0342. The van der Waals surface area contributed by atoms with Crippen LogP contribution in [0.25, 0.3) is 0 Å². The van der Waals surface area contributed by atoms with Gasteiger partial charge < -0.3 is 10.2 Å². The third kappa shape index (κ3) is 5.91. The maximum absolute atomic E-state index is 12.2. The second-order valence-electron chi connectivity index (χ2n) is 5.94. The average molecular weight is 359 g/mol. The lowest BCUT2D eigenvalue weighted by Gasteiger charge is -2.17. The quantitative estimate of drug-likeness (QED) is 0.815. The Labute approximate surface area is 153 Å². The molecule has 0 fully saturated rings. The zero-order valence-electron chi connectivity index (χ0n) is 14.6. The molecule has 0 aliphatic heterocycles. The summed E-state index contributed by atoms with van der Waals surface area (Å²) in [5.74, 6) is -0.265. The predicted molar refractivity (Wildman–Crippen MR) is 102 cm³/mol. The number of carbonyl (C=O) groups excluding carboxylic acids is 2. The van der Waals surface area contributed by atoms with Gasteiger partial charge in [0, 0.05) is 24.2 Å². The third-order valence-corrected chi connectivity index (χ3v) is 4.23. The van der Waals surface area contributed by atoms with Crippen molar-refractivity contribution in [1.82, 2.24) is 4.90 Å². The second-order valence-corrected chi connectivity index (χ2v) is 6.38. The van der Waals surface area contributed by atoms with Crippen LogP contribution >= 0.6 is 11.6 Å². The van der Waals surface area contributed by atoms with Crippen LogP contribution in [0.1, 0.15) is 24.5 Å². The number of para-hydroxylation sites is 1. The van der Waals surface area contributed by atoms with Crippen molar-refractivity contribution in [3.05, 3.63) is 64.7 Å². The number of nitrogens with zero attached hydrogens (tertiary/aromatic N) is 1. The molecule has 0 bridgehead atoms. The minimum Gasteiger partial charge on any atom is -0.336 e. The minimum atomic E-state index is -0.195. The summed E-state index contributed by atoms with van der Waals surface area (Å²) in [7, 11) is 1.64. The first kappa shape index (κ1) is 19.0. The molecule has 1 N–H and O–H groups in total. The van der Waals surface area contributed by atoms with E-state index in [-0.39, 0.29) is 18.4 Å². The molecule has 0 heterocycles. The van der Waals surface area contributed by atoms with E-state index in [0.717, 1.165) is 23.2 Å². The van der Waals surface area contributed by atoms with Gasteiger partial charge in [-0.25, -0.2) is 0 Å². The van der Waals surface area contributed by atoms with Crippen LogP contribution in [0, 0.1) is 0 Å².